The van der Waals surface area contributed by atoms with Crippen molar-refractivity contribution in [2.24, 2.45) is 5.92 Å². The monoisotopic (exact) mass is 272 g/mol. The Bertz CT molecular complexity index is 307. The fourth-order valence-electron chi connectivity index (χ4n) is 2.13. The van der Waals surface area contributed by atoms with Crippen LogP contribution in [0, 0.1) is 5.92 Å². The van der Waals surface area contributed by atoms with E-state index in [1.807, 2.05) is 6.92 Å². The number of carbonyl (C=O) groups is 2. The minimum atomic E-state index is -0.830. The molecule has 0 spiro atoms. The molecule has 2 amide bonds. The maximum Gasteiger partial charge on any atom is 0.317 e. The third-order valence-corrected chi connectivity index (χ3v) is 3.34. The summed E-state index contributed by atoms with van der Waals surface area (Å²) < 4.78 is 5.54. The average Bonchev–Trinajstić information content (AvgIpc) is 2.39. The van der Waals surface area contributed by atoms with Crippen LogP contribution in [-0.2, 0) is 9.53 Å². The van der Waals surface area contributed by atoms with Crippen molar-refractivity contribution < 1.29 is 19.4 Å². The summed E-state index contributed by atoms with van der Waals surface area (Å²) in [5.74, 6) is -1.26. The first-order chi connectivity index (χ1) is 9.04. The van der Waals surface area contributed by atoms with E-state index in [-0.39, 0.29) is 12.1 Å². The fourth-order valence-corrected chi connectivity index (χ4v) is 2.13. The second kappa shape index (κ2) is 7.99. The lowest BCUT2D eigenvalue weighted by Gasteiger charge is -2.32. The van der Waals surface area contributed by atoms with Crippen LogP contribution in [0.1, 0.15) is 33.1 Å². The molecule has 1 fully saturated rings. The summed E-state index contributed by atoms with van der Waals surface area (Å²) >= 11 is 0. The molecule has 1 saturated heterocycles. The Morgan fingerprint density at radius 2 is 2.26 bits per heavy atom. The van der Waals surface area contributed by atoms with Gasteiger partial charge in [0.2, 0.25) is 0 Å². The Labute approximate surface area is 114 Å². The molecule has 1 rings (SSSR count). The van der Waals surface area contributed by atoms with E-state index in [2.05, 4.69) is 5.32 Å². The van der Waals surface area contributed by atoms with E-state index in [4.69, 9.17) is 9.84 Å². The maximum atomic E-state index is 11.9. The topological polar surface area (TPSA) is 78.9 Å². The number of carboxylic acids is 1. The second-order valence-electron chi connectivity index (χ2n) is 4.93. The van der Waals surface area contributed by atoms with E-state index in [1.165, 1.54) is 0 Å². The van der Waals surface area contributed by atoms with Crippen molar-refractivity contribution in [3.05, 3.63) is 0 Å². The highest BCUT2D eigenvalue weighted by molar-refractivity contribution is 5.74. The molecule has 0 bridgehead atoms. The summed E-state index contributed by atoms with van der Waals surface area (Å²) in [5, 5.41) is 11.5. The summed E-state index contributed by atoms with van der Waals surface area (Å²) in [4.78, 5) is 24.3. The van der Waals surface area contributed by atoms with Crippen molar-refractivity contribution in [3.8, 4) is 0 Å². The van der Waals surface area contributed by atoms with E-state index in [0.717, 1.165) is 19.4 Å². The fraction of sp³-hybridized carbons (Fsp3) is 0.846. The quantitative estimate of drug-likeness (QED) is 0.764. The summed E-state index contributed by atoms with van der Waals surface area (Å²) in [6.07, 6.45) is 2.52. The molecular formula is C13H24N2O4. The van der Waals surface area contributed by atoms with Gasteiger partial charge in [0.1, 0.15) is 0 Å². The molecule has 110 valence electrons. The number of hydrogen-bond acceptors (Lipinski definition) is 3. The van der Waals surface area contributed by atoms with E-state index in [1.54, 1.807) is 11.8 Å². The zero-order valence-corrected chi connectivity index (χ0v) is 11.7. The van der Waals surface area contributed by atoms with Gasteiger partial charge in [-0.15, -0.1) is 0 Å². The number of nitrogens with one attached hydrogen (secondary N) is 1. The van der Waals surface area contributed by atoms with Gasteiger partial charge in [-0.1, -0.05) is 6.92 Å². The number of carbonyl (C=O) groups excluding carboxylic acids is 1. The SMILES string of the molecule is CCOC1CCCN(C(=O)NCCC(C)C(=O)O)C1. The van der Waals surface area contributed by atoms with E-state index < -0.39 is 11.9 Å². The Morgan fingerprint density at radius 3 is 2.89 bits per heavy atom. The van der Waals surface area contributed by atoms with Crippen LogP contribution in [0.4, 0.5) is 4.79 Å². The number of ether oxygens (including phenoxy) is 1. The first-order valence-electron chi connectivity index (χ1n) is 6.91. The second-order valence-corrected chi connectivity index (χ2v) is 4.93. The number of likely N-dealkylation sites (tertiary alicyclic amines) is 1. The third-order valence-electron chi connectivity index (χ3n) is 3.34. The number of urea groups is 1. The predicted molar refractivity (Wildman–Crippen MR) is 71.0 cm³/mol. The van der Waals surface area contributed by atoms with Crippen LogP contribution in [0.25, 0.3) is 0 Å². The molecular weight excluding hydrogens is 248 g/mol. The maximum absolute atomic E-state index is 11.9. The molecule has 0 saturated carbocycles. The zero-order valence-electron chi connectivity index (χ0n) is 11.7. The van der Waals surface area contributed by atoms with E-state index in [9.17, 15) is 9.59 Å². The molecule has 2 N–H and O–H groups in total. The number of aliphatic carboxylic acids is 1. The van der Waals surface area contributed by atoms with Gasteiger partial charge in [-0.05, 0) is 26.2 Å². The molecule has 2 atom stereocenters. The first kappa shape index (κ1) is 15.8. The van der Waals surface area contributed by atoms with Crippen molar-refractivity contribution in [1.29, 1.82) is 0 Å². The van der Waals surface area contributed by atoms with Gasteiger partial charge in [0.15, 0.2) is 0 Å². The van der Waals surface area contributed by atoms with Crippen LogP contribution < -0.4 is 5.32 Å². The number of nitrogens with zero attached hydrogens (tertiary/aromatic N) is 1. The van der Waals surface area contributed by atoms with Crippen LogP contribution in [0.5, 0.6) is 0 Å². The minimum absolute atomic E-state index is 0.123. The molecule has 1 heterocycles. The third kappa shape index (κ3) is 5.46. The summed E-state index contributed by atoms with van der Waals surface area (Å²) in [6, 6.07) is -0.123. The van der Waals surface area contributed by atoms with Gasteiger partial charge in [-0.25, -0.2) is 4.79 Å². The first-order valence-corrected chi connectivity index (χ1v) is 6.91. The zero-order chi connectivity index (χ0) is 14.3. The van der Waals surface area contributed by atoms with E-state index in [0.29, 0.717) is 26.1 Å². The lowest BCUT2D eigenvalue weighted by Crippen LogP contribution is -2.48. The van der Waals surface area contributed by atoms with E-state index >= 15 is 0 Å². The largest absolute Gasteiger partial charge is 0.481 e. The van der Waals surface area contributed by atoms with Gasteiger partial charge < -0.3 is 20.1 Å². The molecule has 0 aromatic rings. The number of piperidine rings is 1. The van der Waals surface area contributed by atoms with Crippen LogP contribution in [0.15, 0.2) is 0 Å². The van der Waals surface area contributed by atoms with Crippen LogP contribution in [0.3, 0.4) is 0 Å². The smallest absolute Gasteiger partial charge is 0.317 e. The Kier molecular flexibility index (Phi) is 6.62. The van der Waals surface area contributed by atoms with Crippen molar-refractivity contribution in [2.45, 2.75) is 39.2 Å². The molecule has 0 aromatic heterocycles. The molecule has 0 aromatic carbocycles. The molecule has 6 heteroatoms. The molecule has 0 aliphatic carbocycles. The average molecular weight is 272 g/mol. The van der Waals surface area contributed by atoms with Gasteiger partial charge in [-0.2, -0.15) is 0 Å². The van der Waals surface area contributed by atoms with Gasteiger partial charge in [0.25, 0.3) is 0 Å². The predicted octanol–water partition coefficient (Wildman–Crippen LogP) is 1.31. The highest BCUT2D eigenvalue weighted by Crippen LogP contribution is 2.13. The van der Waals surface area contributed by atoms with Gasteiger partial charge in [0, 0.05) is 26.2 Å². The van der Waals surface area contributed by atoms with Crippen LogP contribution in [0.2, 0.25) is 0 Å². The number of rotatable bonds is 6. The van der Waals surface area contributed by atoms with Gasteiger partial charge in [0.05, 0.1) is 12.0 Å². The van der Waals surface area contributed by atoms with Crippen LogP contribution >= 0.6 is 0 Å². The van der Waals surface area contributed by atoms with Crippen molar-refractivity contribution in [3.63, 3.8) is 0 Å². The lowest BCUT2D eigenvalue weighted by molar-refractivity contribution is -0.141. The molecule has 2 unspecified atom stereocenters. The number of amides is 2. The number of carboxylic acid groups (broad SMARTS) is 1. The normalized spacial score (nSPS) is 20.9. The standard InChI is InChI=1S/C13H24N2O4/c1-3-19-11-5-4-8-15(9-11)13(18)14-7-6-10(2)12(16)17/h10-11H,3-9H2,1-2H3,(H,14,18)(H,16,17). The van der Waals surface area contributed by atoms with Crippen molar-refractivity contribution >= 4 is 12.0 Å². The summed E-state index contributed by atoms with van der Waals surface area (Å²) in [5.41, 5.74) is 0. The van der Waals surface area contributed by atoms with Crippen molar-refractivity contribution in [2.75, 3.05) is 26.2 Å². The Hall–Kier alpha value is -1.30. The summed E-state index contributed by atoms with van der Waals surface area (Å²) in [7, 11) is 0. The summed E-state index contributed by atoms with van der Waals surface area (Å²) in [6.45, 7) is 6.00. The highest BCUT2D eigenvalue weighted by atomic mass is 16.5. The molecule has 1 aliphatic heterocycles. The minimum Gasteiger partial charge on any atom is -0.481 e. The Balaban J connectivity index is 2.27. The lowest BCUT2D eigenvalue weighted by atomic mass is 10.1. The van der Waals surface area contributed by atoms with Crippen LogP contribution in [-0.4, -0.2) is 54.4 Å². The molecule has 1 aliphatic rings. The van der Waals surface area contributed by atoms with Crippen molar-refractivity contribution in [1.82, 2.24) is 10.2 Å². The van der Waals surface area contributed by atoms with Gasteiger partial charge >= 0.3 is 12.0 Å². The molecule has 0 radical (unpaired) electrons. The van der Waals surface area contributed by atoms with Gasteiger partial charge in [-0.3, -0.25) is 4.79 Å². The Morgan fingerprint density at radius 1 is 1.53 bits per heavy atom. The molecule has 19 heavy (non-hydrogen) atoms. The molecule has 6 nitrogen and oxygen atoms in total. The number of hydrogen-bond donors (Lipinski definition) is 2. The highest BCUT2D eigenvalue weighted by Gasteiger charge is 2.23.